The van der Waals surface area contributed by atoms with Crippen molar-refractivity contribution in [2.45, 2.75) is 12.4 Å². The summed E-state index contributed by atoms with van der Waals surface area (Å²) in [5, 5.41) is -0.192. The van der Waals surface area contributed by atoms with Crippen LogP contribution in [0.2, 0.25) is 0 Å². The highest BCUT2D eigenvalue weighted by molar-refractivity contribution is 6.37. The van der Waals surface area contributed by atoms with Crippen molar-refractivity contribution >= 4 is 39.3 Å². The number of halogens is 6. The molecule has 10 heteroatoms. The molecule has 9 rings (SSSR count). The maximum absolute atomic E-state index is 15.1. The maximum Gasteiger partial charge on any atom is 0.418 e. The number of amides is 2. The molecule has 56 heavy (non-hydrogen) atoms. The second-order valence-electron chi connectivity index (χ2n) is 13.4. The van der Waals surface area contributed by atoms with Crippen molar-refractivity contribution in [2.75, 3.05) is 4.90 Å². The zero-order valence-electron chi connectivity index (χ0n) is 29.0. The average Bonchev–Trinajstić information content (AvgIpc) is 3.68. The van der Waals surface area contributed by atoms with Crippen molar-refractivity contribution in [2.24, 2.45) is 0 Å². The Hall–Kier alpha value is -6.94. The lowest BCUT2D eigenvalue weighted by atomic mass is 9.90. The van der Waals surface area contributed by atoms with Crippen LogP contribution in [0.15, 0.2) is 158 Å². The van der Waals surface area contributed by atoms with Gasteiger partial charge in [-0.15, -0.1) is 0 Å². The maximum atomic E-state index is 15.1. The number of hydrogen-bond acceptors (Lipinski definition) is 2. The third-order valence-corrected chi connectivity index (χ3v) is 10.2. The molecule has 2 amide bonds. The fourth-order valence-electron chi connectivity index (χ4n) is 7.82. The first kappa shape index (κ1) is 34.8. The lowest BCUT2D eigenvalue weighted by Crippen LogP contribution is -2.30. The number of rotatable bonds is 5. The van der Waals surface area contributed by atoms with E-state index in [4.69, 9.17) is 0 Å². The van der Waals surface area contributed by atoms with E-state index in [9.17, 15) is 31.1 Å². The van der Waals surface area contributed by atoms with E-state index in [1.54, 1.807) is 0 Å². The van der Waals surface area contributed by atoms with E-state index in [0.29, 0.717) is 22.3 Å². The van der Waals surface area contributed by atoms with Gasteiger partial charge in [0.15, 0.2) is 0 Å². The zero-order chi connectivity index (χ0) is 38.9. The van der Waals surface area contributed by atoms with Gasteiger partial charge in [0.1, 0.15) is 0 Å². The number of carbonyl (C=O) groups excluding carboxylic acids is 2. The van der Waals surface area contributed by atoms with Gasteiger partial charge in [0, 0.05) is 21.9 Å². The minimum Gasteiger partial charge on any atom is -0.307 e. The predicted octanol–water partition coefficient (Wildman–Crippen LogP) is 12.6. The summed E-state index contributed by atoms with van der Waals surface area (Å²) in [5.74, 6) is -1.67. The molecule has 0 unspecified atom stereocenters. The molecule has 1 aliphatic heterocycles. The van der Waals surface area contributed by atoms with Gasteiger partial charge in [0.2, 0.25) is 0 Å². The third kappa shape index (κ3) is 5.47. The summed E-state index contributed by atoms with van der Waals surface area (Å²) in [4.78, 5) is 30.9. The summed E-state index contributed by atoms with van der Waals surface area (Å²) < 4.78 is 89.5. The lowest BCUT2D eigenvalue weighted by molar-refractivity contribution is -0.136. The highest BCUT2D eigenvalue weighted by Gasteiger charge is 2.44. The van der Waals surface area contributed by atoms with Gasteiger partial charge in [-0.1, -0.05) is 121 Å². The molecule has 274 valence electrons. The van der Waals surface area contributed by atoms with Crippen LogP contribution in [0.25, 0.3) is 60.9 Å². The Kier molecular flexibility index (Phi) is 7.98. The predicted molar refractivity (Wildman–Crippen MR) is 205 cm³/mol. The molecule has 0 bridgehead atoms. The smallest absolute Gasteiger partial charge is 0.307 e. The van der Waals surface area contributed by atoms with Crippen LogP contribution in [0, 0.1) is 0 Å². The van der Waals surface area contributed by atoms with Crippen LogP contribution in [-0.4, -0.2) is 16.4 Å². The van der Waals surface area contributed by atoms with Crippen LogP contribution < -0.4 is 4.90 Å². The van der Waals surface area contributed by atoms with Crippen molar-refractivity contribution in [1.82, 2.24) is 4.57 Å². The van der Waals surface area contributed by atoms with Crippen LogP contribution >= 0.6 is 0 Å². The molecule has 1 aromatic heterocycles. The summed E-state index contributed by atoms with van der Waals surface area (Å²) in [5.41, 5.74) is -0.0797. The fraction of sp³-hybridized carbons (Fsp3) is 0.0435. The molecule has 0 aliphatic carbocycles. The van der Waals surface area contributed by atoms with Crippen molar-refractivity contribution < 1.29 is 35.9 Å². The Balaban J connectivity index is 1.36. The highest BCUT2D eigenvalue weighted by Crippen LogP contribution is 2.49. The fourth-order valence-corrected chi connectivity index (χ4v) is 7.82. The number of benzene rings is 7. The third-order valence-electron chi connectivity index (χ3n) is 10.2. The first-order valence-electron chi connectivity index (χ1n) is 17.5. The molecule has 8 aromatic rings. The van der Waals surface area contributed by atoms with E-state index in [2.05, 4.69) is 0 Å². The Labute approximate surface area is 315 Å². The standard InChI is InChI=1S/C46H26F6N2O2/c47-45(48,49)36-22-10-19-31-32-20-11-23-37(46(50,51)52)42(32)53(41(31)36)38-24-12-21-33-39(38)44(56)54(43(33)55)40-34(28-15-6-2-7-16-28)25-30(27-13-4-1-5-14-27)26-35(40)29-17-8-3-9-18-29/h1-26H. The van der Waals surface area contributed by atoms with E-state index in [1.165, 1.54) is 30.3 Å². The zero-order valence-corrected chi connectivity index (χ0v) is 29.0. The molecule has 7 aromatic carbocycles. The molecule has 0 saturated carbocycles. The number of anilines is 1. The minimum atomic E-state index is -4.98. The number of para-hydroxylation sites is 2. The number of hydrogen-bond donors (Lipinski definition) is 0. The lowest BCUT2D eigenvalue weighted by Gasteiger charge is -2.24. The second kappa shape index (κ2) is 12.8. The van der Waals surface area contributed by atoms with Crippen molar-refractivity contribution in [3.63, 3.8) is 0 Å². The monoisotopic (exact) mass is 752 g/mol. The molecule has 4 nitrogen and oxygen atoms in total. The summed E-state index contributed by atoms with van der Waals surface area (Å²) in [7, 11) is 0. The van der Waals surface area contributed by atoms with Gasteiger partial charge in [0.05, 0.1) is 44.7 Å². The molecule has 2 heterocycles. The Bertz CT molecular complexity index is 2730. The first-order valence-corrected chi connectivity index (χ1v) is 17.5. The molecule has 1 aliphatic rings. The summed E-state index contributed by atoms with van der Waals surface area (Å²) in [6, 6.07) is 42.0. The van der Waals surface area contributed by atoms with Crippen LogP contribution in [0.4, 0.5) is 32.0 Å². The van der Waals surface area contributed by atoms with Crippen molar-refractivity contribution in [3.05, 3.63) is 180 Å². The quantitative estimate of drug-likeness (QED) is 0.130. The van der Waals surface area contributed by atoms with E-state index < -0.39 is 46.3 Å². The number of alkyl halides is 6. The highest BCUT2D eigenvalue weighted by atomic mass is 19.4. The molecule has 0 spiro atoms. The Morgan fingerprint density at radius 2 is 0.857 bits per heavy atom. The molecule has 0 radical (unpaired) electrons. The van der Waals surface area contributed by atoms with Crippen LogP contribution in [-0.2, 0) is 12.4 Å². The molecule has 0 N–H and O–H groups in total. The van der Waals surface area contributed by atoms with Gasteiger partial charge >= 0.3 is 12.4 Å². The SMILES string of the molecule is O=C1c2cccc(-n3c4c(C(F)(F)F)cccc4c4cccc(C(F)(F)F)c43)c2C(=O)N1c1c(-c2ccccc2)cc(-c2ccccc2)cc1-c1ccccc1. The van der Waals surface area contributed by atoms with Gasteiger partial charge in [-0.2, -0.15) is 26.3 Å². The van der Waals surface area contributed by atoms with Gasteiger partial charge in [-0.25, -0.2) is 4.90 Å². The van der Waals surface area contributed by atoms with Crippen molar-refractivity contribution in [3.8, 4) is 39.1 Å². The molecular formula is C46H26F6N2O2. The number of nitrogens with zero attached hydrogens (tertiary/aromatic N) is 2. The topological polar surface area (TPSA) is 42.3 Å². The summed E-state index contributed by atoms with van der Waals surface area (Å²) >= 11 is 0. The number of carbonyl (C=O) groups is 2. The van der Waals surface area contributed by atoms with E-state index in [0.717, 1.165) is 44.9 Å². The van der Waals surface area contributed by atoms with Crippen LogP contribution in [0.3, 0.4) is 0 Å². The number of imide groups is 1. The van der Waals surface area contributed by atoms with E-state index >= 15 is 4.79 Å². The van der Waals surface area contributed by atoms with Gasteiger partial charge < -0.3 is 4.57 Å². The Morgan fingerprint density at radius 3 is 1.32 bits per heavy atom. The average molecular weight is 753 g/mol. The molecule has 0 atom stereocenters. The van der Waals surface area contributed by atoms with Gasteiger partial charge in [-0.3, -0.25) is 9.59 Å². The van der Waals surface area contributed by atoms with Crippen LogP contribution in [0.5, 0.6) is 0 Å². The second-order valence-corrected chi connectivity index (χ2v) is 13.4. The Morgan fingerprint density at radius 1 is 0.411 bits per heavy atom. The first-order chi connectivity index (χ1) is 26.9. The van der Waals surface area contributed by atoms with E-state index in [-0.39, 0.29) is 33.3 Å². The normalized spacial score (nSPS) is 13.2. The number of fused-ring (bicyclic) bond motifs is 4. The number of aromatic nitrogens is 1. The van der Waals surface area contributed by atoms with Gasteiger partial charge in [-0.05, 0) is 58.7 Å². The molecule has 0 fully saturated rings. The molecular weight excluding hydrogens is 727 g/mol. The van der Waals surface area contributed by atoms with Crippen LogP contribution in [0.1, 0.15) is 31.8 Å². The largest absolute Gasteiger partial charge is 0.418 e. The summed E-state index contributed by atoms with van der Waals surface area (Å²) in [6.45, 7) is 0. The van der Waals surface area contributed by atoms with E-state index in [1.807, 2.05) is 103 Å². The minimum absolute atomic E-state index is 0.0959. The van der Waals surface area contributed by atoms with Crippen molar-refractivity contribution in [1.29, 1.82) is 0 Å². The summed E-state index contributed by atoms with van der Waals surface area (Å²) in [6.07, 6.45) is -9.97. The molecule has 0 saturated heterocycles. The van der Waals surface area contributed by atoms with Gasteiger partial charge in [0.25, 0.3) is 11.8 Å².